The number of hydrogen-bond acceptors (Lipinski definition) is 4. The number of nitrogens with zero attached hydrogens (tertiary/aromatic N) is 1. The fraction of sp³-hybridized carbons (Fsp3) is 0.231. The second-order valence-corrected chi connectivity index (χ2v) is 8.31. The quantitative estimate of drug-likeness (QED) is 0.331. The van der Waals surface area contributed by atoms with E-state index in [9.17, 15) is 4.79 Å². The second-order valence-electron chi connectivity index (χ2n) is 7.90. The molecule has 3 aromatic carbocycles. The van der Waals surface area contributed by atoms with Crippen LogP contribution in [-0.2, 0) is 4.79 Å². The predicted molar refractivity (Wildman–Crippen MR) is 128 cm³/mol. The standard InChI is InChI=1S/C26H25ClN2O3/c1-4-17(3)18-6-9-20(10-7-18)31-15-25(30)28-19-8-11-22(27)21(14-19)26-29-23-13-16(2)5-12-24(23)32-26/h5-14,17H,4,15H2,1-3H3,(H,28,30)/t17-/m1/s1. The van der Waals surface area contributed by atoms with Gasteiger partial charge in [-0.25, -0.2) is 4.98 Å². The average Bonchev–Trinajstić information content (AvgIpc) is 3.21. The molecule has 5 nitrogen and oxygen atoms in total. The van der Waals surface area contributed by atoms with Gasteiger partial charge in [-0.05, 0) is 72.9 Å². The van der Waals surface area contributed by atoms with Gasteiger partial charge < -0.3 is 14.5 Å². The zero-order valence-electron chi connectivity index (χ0n) is 18.3. The van der Waals surface area contributed by atoms with E-state index >= 15 is 0 Å². The lowest BCUT2D eigenvalue weighted by molar-refractivity contribution is -0.118. The number of carbonyl (C=O) groups excluding carboxylic acids is 1. The molecule has 1 atom stereocenters. The molecule has 1 heterocycles. The van der Waals surface area contributed by atoms with Gasteiger partial charge in [-0.15, -0.1) is 0 Å². The summed E-state index contributed by atoms with van der Waals surface area (Å²) >= 11 is 6.38. The van der Waals surface area contributed by atoms with Gasteiger partial charge in [0, 0.05) is 5.69 Å². The maximum Gasteiger partial charge on any atom is 0.262 e. The zero-order chi connectivity index (χ0) is 22.7. The highest BCUT2D eigenvalue weighted by molar-refractivity contribution is 6.33. The molecule has 0 bridgehead atoms. The number of aryl methyl sites for hydroxylation is 1. The fourth-order valence-electron chi connectivity index (χ4n) is 3.39. The molecule has 164 valence electrons. The summed E-state index contributed by atoms with van der Waals surface area (Å²) in [5, 5.41) is 3.33. The minimum absolute atomic E-state index is 0.0944. The van der Waals surface area contributed by atoms with Crippen LogP contribution in [0.2, 0.25) is 5.02 Å². The number of hydrogen-bond donors (Lipinski definition) is 1. The lowest BCUT2D eigenvalue weighted by Crippen LogP contribution is -2.20. The van der Waals surface area contributed by atoms with Crippen molar-refractivity contribution in [3.63, 3.8) is 0 Å². The number of fused-ring (bicyclic) bond motifs is 1. The Morgan fingerprint density at radius 3 is 2.66 bits per heavy atom. The molecule has 1 aromatic heterocycles. The topological polar surface area (TPSA) is 64.4 Å². The first-order valence-corrected chi connectivity index (χ1v) is 11.0. The Morgan fingerprint density at radius 1 is 1.12 bits per heavy atom. The van der Waals surface area contributed by atoms with Gasteiger partial charge in [0.15, 0.2) is 12.2 Å². The Balaban J connectivity index is 1.43. The predicted octanol–water partition coefficient (Wildman–Crippen LogP) is 6.99. The van der Waals surface area contributed by atoms with Gasteiger partial charge in [0.2, 0.25) is 5.89 Å². The van der Waals surface area contributed by atoms with Crippen molar-refractivity contribution in [2.75, 3.05) is 11.9 Å². The summed E-state index contributed by atoms with van der Waals surface area (Å²) in [5.74, 6) is 1.30. The fourth-order valence-corrected chi connectivity index (χ4v) is 3.59. The SMILES string of the molecule is CC[C@@H](C)c1ccc(OCC(=O)Nc2ccc(Cl)c(-c3nc4cc(C)ccc4o3)c2)cc1. The van der Waals surface area contributed by atoms with Crippen molar-refractivity contribution in [2.24, 2.45) is 0 Å². The van der Waals surface area contributed by atoms with Crippen LogP contribution < -0.4 is 10.1 Å². The molecule has 0 aliphatic carbocycles. The Hall–Kier alpha value is -3.31. The number of oxazole rings is 1. The summed E-state index contributed by atoms with van der Waals surface area (Å²) in [6.07, 6.45) is 1.08. The van der Waals surface area contributed by atoms with Gasteiger partial charge >= 0.3 is 0 Å². The average molecular weight is 449 g/mol. The lowest BCUT2D eigenvalue weighted by atomic mass is 9.99. The summed E-state index contributed by atoms with van der Waals surface area (Å²) in [6, 6.07) is 18.9. The van der Waals surface area contributed by atoms with Gasteiger partial charge in [0.1, 0.15) is 11.3 Å². The largest absolute Gasteiger partial charge is 0.484 e. The van der Waals surface area contributed by atoms with Crippen LogP contribution in [0.3, 0.4) is 0 Å². The van der Waals surface area contributed by atoms with Crippen LogP contribution in [0.5, 0.6) is 5.75 Å². The normalized spacial score (nSPS) is 12.0. The Kier molecular flexibility index (Phi) is 6.47. The van der Waals surface area contributed by atoms with E-state index in [4.69, 9.17) is 20.8 Å². The van der Waals surface area contributed by atoms with E-state index in [0.717, 1.165) is 17.5 Å². The highest BCUT2D eigenvalue weighted by atomic mass is 35.5. The summed E-state index contributed by atoms with van der Waals surface area (Å²) in [7, 11) is 0. The number of amides is 1. The van der Waals surface area contributed by atoms with Crippen LogP contribution in [0.4, 0.5) is 5.69 Å². The highest BCUT2D eigenvalue weighted by Gasteiger charge is 2.14. The maximum atomic E-state index is 12.4. The molecule has 0 fully saturated rings. The number of halogens is 1. The molecule has 0 aliphatic heterocycles. The highest BCUT2D eigenvalue weighted by Crippen LogP contribution is 2.32. The van der Waals surface area contributed by atoms with Crippen LogP contribution >= 0.6 is 11.6 Å². The molecular weight excluding hydrogens is 424 g/mol. The minimum atomic E-state index is -0.266. The molecule has 6 heteroatoms. The van der Waals surface area contributed by atoms with Crippen LogP contribution in [-0.4, -0.2) is 17.5 Å². The number of anilines is 1. The minimum Gasteiger partial charge on any atom is -0.484 e. The monoisotopic (exact) mass is 448 g/mol. The molecule has 4 rings (SSSR count). The van der Waals surface area contributed by atoms with Crippen molar-refractivity contribution >= 4 is 34.3 Å². The van der Waals surface area contributed by atoms with Crippen LogP contribution in [0, 0.1) is 6.92 Å². The summed E-state index contributed by atoms with van der Waals surface area (Å²) in [4.78, 5) is 16.9. The van der Waals surface area contributed by atoms with Crippen molar-refractivity contribution < 1.29 is 13.9 Å². The third-order valence-electron chi connectivity index (χ3n) is 5.46. The van der Waals surface area contributed by atoms with Crippen LogP contribution in [0.1, 0.15) is 37.3 Å². The smallest absolute Gasteiger partial charge is 0.262 e. The summed E-state index contributed by atoms with van der Waals surface area (Å²) in [6.45, 7) is 6.25. The second kappa shape index (κ2) is 9.45. The van der Waals surface area contributed by atoms with E-state index in [1.54, 1.807) is 18.2 Å². The van der Waals surface area contributed by atoms with E-state index < -0.39 is 0 Å². The van der Waals surface area contributed by atoms with Crippen LogP contribution in [0.15, 0.2) is 65.1 Å². The molecule has 1 amide bonds. The number of benzene rings is 3. The molecule has 0 saturated carbocycles. The van der Waals surface area contributed by atoms with Crippen molar-refractivity contribution in [3.8, 4) is 17.2 Å². The van der Waals surface area contributed by atoms with E-state index in [-0.39, 0.29) is 12.5 Å². The van der Waals surface area contributed by atoms with Crippen molar-refractivity contribution in [1.82, 2.24) is 4.98 Å². The van der Waals surface area contributed by atoms with E-state index in [2.05, 4.69) is 24.1 Å². The third-order valence-corrected chi connectivity index (χ3v) is 5.78. The summed E-state index contributed by atoms with van der Waals surface area (Å²) < 4.78 is 11.5. The van der Waals surface area contributed by atoms with E-state index in [1.165, 1.54) is 5.56 Å². The van der Waals surface area contributed by atoms with E-state index in [0.29, 0.717) is 39.4 Å². The lowest BCUT2D eigenvalue weighted by Gasteiger charge is -2.11. The first kappa shape index (κ1) is 21.9. The third kappa shape index (κ3) is 4.94. The van der Waals surface area contributed by atoms with Gasteiger partial charge in [-0.3, -0.25) is 4.79 Å². The maximum absolute atomic E-state index is 12.4. The van der Waals surface area contributed by atoms with Crippen molar-refractivity contribution in [2.45, 2.75) is 33.1 Å². The molecule has 0 spiro atoms. The Bertz CT molecular complexity index is 1250. The number of ether oxygens (including phenoxy) is 1. The van der Waals surface area contributed by atoms with Gasteiger partial charge in [0.25, 0.3) is 5.91 Å². The Labute approximate surface area is 192 Å². The molecular formula is C26H25ClN2O3. The summed E-state index contributed by atoms with van der Waals surface area (Å²) in [5.41, 5.74) is 5.00. The molecule has 1 N–H and O–H groups in total. The molecule has 0 unspecified atom stereocenters. The number of carbonyl (C=O) groups is 1. The zero-order valence-corrected chi connectivity index (χ0v) is 19.1. The first-order chi connectivity index (χ1) is 15.4. The van der Waals surface area contributed by atoms with Crippen molar-refractivity contribution in [1.29, 1.82) is 0 Å². The Morgan fingerprint density at radius 2 is 1.91 bits per heavy atom. The van der Waals surface area contributed by atoms with Crippen LogP contribution in [0.25, 0.3) is 22.6 Å². The molecule has 0 aliphatic rings. The van der Waals surface area contributed by atoms with E-state index in [1.807, 2.05) is 49.4 Å². The number of aromatic nitrogens is 1. The van der Waals surface area contributed by atoms with Gasteiger partial charge in [0.05, 0.1) is 10.6 Å². The first-order valence-electron chi connectivity index (χ1n) is 10.6. The molecule has 4 aromatic rings. The van der Waals surface area contributed by atoms with Gasteiger partial charge in [-0.1, -0.05) is 43.6 Å². The number of nitrogens with one attached hydrogen (secondary N) is 1. The number of rotatable bonds is 7. The van der Waals surface area contributed by atoms with Crippen molar-refractivity contribution in [3.05, 3.63) is 76.8 Å². The van der Waals surface area contributed by atoms with Gasteiger partial charge in [-0.2, -0.15) is 0 Å². The molecule has 32 heavy (non-hydrogen) atoms. The molecule has 0 radical (unpaired) electrons. The molecule has 0 saturated heterocycles.